The number of likely N-dealkylation sites (N-methyl/N-ethyl adjacent to an activating group) is 1. The highest BCUT2D eigenvalue weighted by molar-refractivity contribution is 5.85. The van der Waals surface area contributed by atoms with Gasteiger partial charge in [-0.3, -0.25) is 9.59 Å². The topological polar surface area (TPSA) is 108 Å². The van der Waals surface area contributed by atoms with Crippen molar-refractivity contribution in [1.29, 1.82) is 0 Å². The standard InChI is InChI=1S/C29H47N3O6/c1-8-19(2)26(31(4)5)24(37-6)18-25(33)32-16-12-15-23(32)27(38-7)20(3)28(34)30-22(29(35)36)17-21-13-10-9-11-14-21/h9-11,13-14,19-20,22-24,26-27H,8,12,15-18H2,1-7H3,(H,30,34)(H,35,36)/t19-,20+,22-,23-,24+,26?,27+/m0/s1. The molecule has 1 aromatic carbocycles. The molecule has 0 bridgehead atoms. The smallest absolute Gasteiger partial charge is 0.326 e. The summed E-state index contributed by atoms with van der Waals surface area (Å²) in [5, 5.41) is 12.4. The molecule has 1 heterocycles. The normalized spacial score (nSPS) is 20.4. The quantitative estimate of drug-likeness (QED) is 0.357. The highest BCUT2D eigenvalue weighted by Crippen LogP contribution is 2.29. The van der Waals surface area contributed by atoms with Crippen molar-refractivity contribution in [1.82, 2.24) is 15.1 Å². The van der Waals surface area contributed by atoms with E-state index in [9.17, 15) is 19.5 Å². The van der Waals surface area contributed by atoms with Crippen LogP contribution in [0.1, 0.15) is 52.0 Å². The van der Waals surface area contributed by atoms with E-state index in [-0.39, 0.29) is 36.9 Å². The van der Waals surface area contributed by atoms with E-state index in [1.165, 1.54) is 7.11 Å². The molecule has 1 aliphatic heterocycles. The van der Waals surface area contributed by atoms with Crippen LogP contribution in [0.25, 0.3) is 0 Å². The van der Waals surface area contributed by atoms with Crippen molar-refractivity contribution in [2.75, 3.05) is 34.9 Å². The number of nitrogens with one attached hydrogen (secondary N) is 1. The molecule has 1 aliphatic rings. The lowest BCUT2D eigenvalue weighted by Crippen LogP contribution is -2.53. The van der Waals surface area contributed by atoms with Gasteiger partial charge in [0.05, 0.1) is 30.6 Å². The van der Waals surface area contributed by atoms with Gasteiger partial charge in [-0.25, -0.2) is 4.79 Å². The first-order valence-electron chi connectivity index (χ1n) is 13.6. The summed E-state index contributed by atoms with van der Waals surface area (Å²) in [7, 11) is 7.21. The van der Waals surface area contributed by atoms with Crippen molar-refractivity contribution in [2.24, 2.45) is 11.8 Å². The Bertz CT molecular complexity index is 896. The number of carbonyl (C=O) groups excluding carboxylic acids is 2. The van der Waals surface area contributed by atoms with Crippen LogP contribution in [0.5, 0.6) is 0 Å². The fourth-order valence-electron chi connectivity index (χ4n) is 5.72. The second-order valence-electron chi connectivity index (χ2n) is 10.7. The Morgan fingerprint density at radius 2 is 1.79 bits per heavy atom. The molecule has 7 atom stereocenters. The lowest BCUT2D eigenvalue weighted by molar-refractivity contribution is -0.145. The maximum Gasteiger partial charge on any atom is 0.326 e. The Kier molecular flexibility index (Phi) is 12.7. The van der Waals surface area contributed by atoms with Crippen LogP contribution in [-0.2, 0) is 30.3 Å². The maximum absolute atomic E-state index is 13.5. The molecule has 1 fully saturated rings. The van der Waals surface area contributed by atoms with Crippen molar-refractivity contribution < 1.29 is 29.0 Å². The predicted octanol–water partition coefficient (Wildman–Crippen LogP) is 2.82. The number of hydrogen-bond acceptors (Lipinski definition) is 6. The first-order valence-corrected chi connectivity index (χ1v) is 13.6. The molecule has 0 spiro atoms. The molecule has 214 valence electrons. The van der Waals surface area contributed by atoms with Gasteiger partial charge in [-0.15, -0.1) is 0 Å². The maximum atomic E-state index is 13.5. The van der Waals surface area contributed by atoms with Crippen LogP contribution in [0.3, 0.4) is 0 Å². The summed E-state index contributed by atoms with van der Waals surface area (Å²) in [4.78, 5) is 42.6. The third kappa shape index (κ3) is 8.25. The number of aliphatic carboxylic acids is 1. The minimum absolute atomic E-state index is 0.0170. The van der Waals surface area contributed by atoms with Gasteiger partial charge < -0.3 is 29.7 Å². The lowest BCUT2D eigenvalue weighted by atomic mass is 9.90. The van der Waals surface area contributed by atoms with Crippen molar-refractivity contribution in [3.8, 4) is 0 Å². The predicted molar refractivity (Wildman–Crippen MR) is 147 cm³/mol. The van der Waals surface area contributed by atoms with E-state index in [1.807, 2.05) is 49.3 Å². The zero-order valence-corrected chi connectivity index (χ0v) is 24.1. The van der Waals surface area contributed by atoms with E-state index in [2.05, 4.69) is 24.1 Å². The summed E-state index contributed by atoms with van der Waals surface area (Å²) in [6.07, 6.45) is 2.11. The van der Waals surface area contributed by atoms with Crippen molar-refractivity contribution >= 4 is 17.8 Å². The van der Waals surface area contributed by atoms with Crippen LogP contribution in [0, 0.1) is 11.8 Å². The van der Waals surface area contributed by atoms with Gasteiger partial charge in [-0.2, -0.15) is 0 Å². The van der Waals surface area contributed by atoms with E-state index in [4.69, 9.17) is 9.47 Å². The summed E-state index contributed by atoms with van der Waals surface area (Å²) in [5.74, 6) is -1.81. The van der Waals surface area contributed by atoms with Gasteiger partial charge in [0.25, 0.3) is 0 Å². The molecule has 1 saturated heterocycles. The summed E-state index contributed by atoms with van der Waals surface area (Å²) >= 11 is 0. The van der Waals surface area contributed by atoms with Crippen LogP contribution in [0.4, 0.5) is 0 Å². The second-order valence-corrected chi connectivity index (χ2v) is 10.7. The highest BCUT2D eigenvalue weighted by atomic mass is 16.5. The zero-order valence-electron chi connectivity index (χ0n) is 24.1. The van der Waals surface area contributed by atoms with Gasteiger partial charge >= 0.3 is 5.97 Å². The molecule has 0 saturated carbocycles. The van der Waals surface area contributed by atoms with Crippen LogP contribution in [0.15, 0.2) is 30.3 Å². The van der Waals surface area contributed by atoms with Crippen molar-refractivity contribution in [2.45, 2.75) is 83.2 Å². The van der Waals surface area contributed by atoms with Gasteiger partial charge in [-0.05, 0) is 38.4 Å². The number of rotatable bonds is 15. The van der Waals surface area contributed by atoms with Gasteiger partial charge in [0.1, 0.15) is 6.04 Å². The Hall–Kier alpha value is -2.49. The van der Waals surface area contributed by atoms with Crippen LogP contribution >= 0.6 is 0 Å². The van der Waals surface area contributed by atoms with E-state index in [1.54, 1.807) is 14.0 Å². The monoisotopic (exact) mass is 533 g/mol. The highest BCUT2D eigenvalue weighted by Gasteiger charge is 2.41. The molecule has 1 aromatic rings. The number of likely N-dealkylation sites (tertiary alicyclic amines) is 1. The number of carboxylic acids is 1. The van der Waals surface area contributed by atoms with Crippen molar-refractivity contribution in [3.63, 3.8) is 0 Å². The molecule has 0 aromatic heterocycles. The molecule has 2 N–H and O–H groups in total. The largest absolute Gasteiger partial charge is 0.480 e. The molecule has 9 nitrogen and oxygen atoms in total. The number of carbonyl (C=O) groups is 3. The molecular weight excluding hydrogens is 486 g/mol. The van der Waals surface area contributed by atoms with E-state index < -0.39 is 29.9 Å². The first-order chi connectivity index (χ1) is 18.0. The molecule has 2 rings (SSSR count). The Balaban J connectivity index is 2.13. The van der Waals surface area contributed by atoms with Crippen LogP contribution in [-0.4, -0.2) is 97.9 Å². The number of amides is 2. The van der Waals surface area contributed by atoms with Crippen LogP contribution < -0.4 is 5.32 Å². The fraction of sp³-hybridized carbons (Fsp3) is 0.690. The van der Waals surface area contributed by atoms with Crippen LogP contribution in [0.2, 0.25) is 0 Å². The number of ether oxygens (including phenoxy) is 2. The average molecular weight is 534 g/mol. The SMILES string of the molecule is CC[C@H](C)C([C@@H](CC(=O)N1CCC[C@H]1[C@H](OC)[C@@H](C)C(=O)N[C@@H](Cc1ccccc1)C(=O)O)OC)N(C)C. The lowest BCUT2D eigenvalue weighted by Gasteiger charge is -2.38. The van der Waals surface area contributed by atoms with Gasteiger partial charge in [0.15, 0.2) is 0 Å². The first kappa shape index (κ1) is 31.7. The Labute approximate surface area is 227 Å². The Morgan fingerprint density at radius 3 is 2.32 bits per heavy atom. The molecule has 2 amide bonds. The third-order valence-corrected chi connectivity index (χ3v) is 7.96. The number of hydrogen-bond donors (Lipinski definition) is 2. The minimum Gasteiger partial charge on any atom is -0.480 e. The molecule has 1 unspecified atom stereocenters. The number of carboxylic acid groups (broad SMARTS) is 1. The summed E-state index contributed by atoms with van der Waals surface area (Å²) in [6, 6.07) is 7.96. The van der Waals surface area contributed by atoms with E-state index in [0.29, 0.717) is 18.9 Å². The zero-order chi connectivity index (χ0) is 28.4. The van der Waals surface area contributed by atoms with E-state index >= 15 is 0 Å². The molecule has 0 aliphatic carbocycles. The summed E-state index contributed by atoms with van der Waals surface area (Å²) in [5.41, 5.74) is 0.824. The third-order valence-electron chi connectivity index (χ3n) is 7.96. The van der Waals surface area contributed by atoms with E-state index in [0.717, 1.165) is 18.4 Å². The van der Waals surface area contributed by atoms with Crippen molar-refractivity contribution in [3.05, 3.63) is 35.9 Å². The van der Waals surface area contributed by atoms with Gasteiger partial charge in [0.2, 0.25) is 11.8 Å². The minimum atomic E-state index is -1.09. The number of benzene rings is 1. The molecular formula is C29H47N3O6. The summed E-state index contributed by atoms with van der Waals surface area (Å²) in [6.45, 7) is 6.63. The fourth-order valence-corrected chi connectivity index (χ4v) is 5.72. The summed E-state index contributed by atoms with van der Waals surface area (Å²) < 4.78 is 11.6. The molecule has 0 radical (unpaired) electrons. The Morgan fingerprint density at radius 1 is 1.13 bits per heavy atom. The van der Waals surface area contributed by atoms with Gasteiger partial charge in [-0.1, -0.05) is 57.5 Å². The number of methoxy groups -OCH3 is 2. The average Bonchev–Trinajstić information content (AvgIpc) is 3.37. The molecule has 38 heavy (non-hydrogen) atoms. The number of nitrogens with zero attached hydrogens (tertiary/aromatic N) is 2. The second kappa shape index (κ2) is 15.2. The van der Waals surface area contributed by atoms with Gasteiger partial charge in [0, 0.05) is 33.2 Å². The molecule has 9 heteroatoms.